The van der Waals surface area contributed by atoms with Gasteiger partial charge in [0.2, 0.25) is 0 Å². The third kappa shape index (κ3) is 5.34. The van der Waals surface area contributed by atoms with Gasteiger partial charge in [-0.3, -0.25) is 0 Å². The Morgan fingerprint density at radius 2 is 2.00 bits per heavy atom. The van der Waals surface area contributed by atoms with Crippen LogP contribution in [-0.4, -0.2) is 13.1 Å². The molecule has 0 bridgehead atoms. The number of allylic oxidation sites excluding steroid dienone is 1. The SMILES string of the molecule is CCCNCCC=CCc1ccccc1Cl. The minimum atomic E-state index is 0.858. The highest BCUT2D eigenvalue weighted by Crippen LogP contribution is 2.15. The lowest BCUT2D eigenvalue weighted by molar-refractivity contribution is 0.678. The van der Waals surface area contributed by atoms with E-state index in [-0.39, 0.29) is 0 Å². The molecule has 0 aromatic heterocycles. The van der Waals surface area contributed by atoms with Crippen LogP contribution in [0.15, 0.2) is 36.4 Å². The molecule has 88 valence electrons. The first-order valence-electron chi connectivity index (χ1n) is 5.93. The van der Waals surface area contributed by atoms with Gasteiger partial charge in [0, 0.05) is 5.02 Å². The van der Waals surface area contributed by atoms with Gasteiger partial charge in [-0.15, -0.1) is 0 Å². The van der Waals surface area contributed by atoms with Crippen molar-refractivity contribution in [3.05, 3.63) is 47.0 Å². The largest absolute Gasteiger partial charge is 0.316 e. The van der Waals surface area contributed by atoms with Crippen molar-refractivity contribution < 1.29 is 0 Å². The lowest BCUT2D eigenvalue weighted by Crippen LogP contribution is -2.14. The molecule has 1 aromatic carbocycles. The Kier molecular flexibility index (Phi) is 6.95. The summed E-state index contributed by atoms with van der Waals surface area (Å²) in [5, 5.41) is 4.23. The summed E-state index contributed by atoms with van der Waals surface area (Å²) in [7, 11) is 0. The number of rotatable bonds is 7. The Hall–Kier alpha value is -0.790. The van der Waals surface area contributed by atoms with Gasteiger partial charge >= 0.3 is 0 Å². The van der Waals surface area contributed by atoms with Crippen LogP contribution in [0.3, 0.4) is 0 Å². The van der Waals surface area contributed by atoms with Crippen molar-refractivity contribution in [2.45, 2.75) is 26.2 Å². The summed E-state index contributed by atoms with van der Waals surface area (Å²) in [6, 6.07) is 8.00. The second-order valence-corrected chi connectivity index (χ2v) is 4.21. The van der Waals surface area contributed by atoms with Crippen LogP contribution < -0.4 is 5.32 Å². The summed E-state index contributed by atoms with van der Waals surface area (Å²) in [5.41, 5.74) is 1.20. The quantitative estimate of drug-likeness (QED) is 0.562. The number of halogens is 1. The monoisotopic (exact) mass is 237 g/mol. The molecule has 0 atom stereocenters. The van der Waals surface area contributed by atoms with Crippen LogP contribution in [0, 0.1) is 0 Å². The maximum atomic E-state index is 6.06. The third-order valence-corrected chi connectivity index (χ3v) is 2.75. The van der Waals surface area contributed by atoms with Crippen LogP contribution in [0.25, 0.3) is 0 Å². The molecule has 0 heterocycles. The van der Waals surface area contributed by atoms with Crippen molar-refractivity contribution in [1.29, 1.82) is 0 Å². The molecule has 0 saturated carbocycles. The maximum Gasteiger partial charge on any atom is 0.0441 e. The maximum absolute atomic E-state index is 6.06. The molecule has 0 aliphatic rings. The fourth-order valence-electron chi connectivity index (χ4n) is 1.48. The lowest BCUT2D eigenvalue weighted by Gasteiger charge is -2.00. The lowest BCUT2D eigenvalue weighted by atomic mass is 10.1. The number of hydrogen-bond acceptors (Lipinski definition) is 1. The van der Waals surface area contributed by atoms with Crippen molar-refractivity contribution in [2.75, 3.05) is 13.1 Å². The van der Waals surface area contributed by atoms with E-state index in [4.69, 9.17) is 11.6 Å². The van der Waals surface area contributed by atoms with Gasteiger partial charge in [0.25, 0.3) is 0 Å². The van der Waals surface area contributed by atoms with Gasteiger partial charge in [-0.05, 0) is 44.0 Å². The highest BCUT2D eigenvalue weighted by atomic mass is 35.5. The normalized spacial score (nSPS) is 11.1. The molecule has 0 saturated heterocycles. The van der Waals surface area contributed by atoms with Crippen LogP contribution in [0.5, 0.6) is 0 Å². The molecular weight excluding hydrogens is 218 g/mol. The summed E-state index contributed by atoms with van der Waals surface area (Å²) in [6.45, 7) is 4.35. The van der Waals surface area contributed by atoms with E-state index in [1.165, 1.54) is 12.0 Å². The van der Waals surface area contributed by atoms with Gasteiger partial charge in [0.15, 0.2) is 0 Å². The second kappa shape index (κ2) is 8.37. The molecule has 0 unspecified atom stereocenters. The molecule has 0 aliphatic carbocycles. The Labute approximate surface area is 104 Å². The summed E-state index contributed by atoms with van der Waals surface area (Å²) >= 11 is 6.06. The van der Waals surface area contributed by atoms with Gasteiger partial charge in [-0.25, -0.2) is 0 Å². The highest BCUT2D eigenvalue weighted by Gasteiger charge is 1.94. The fraction of sp³-hybridized carbons (Fsp3) is 0.429. The molecular formula is C14H20ClN. The Balaban J connectivity index is 2.19. The van der Waals surface area contributed by atoms with Crippen LogP contribution >= 0.6 is 11.6 Å². The van der Waals surface area contributed by atoms with E-state index in [1.807, 2.05) is 18.2 Å². The topological polar surface area (TPSA) is 12.0 Å². The third-order valence-electron chi connectivity index (χ3n) is 2.38. The van der Waals surface area contributed by atoms with E-state index in [1.54, 1.807) is 0 Å². The molecule has 2 heteroatoms. The van der Waals surface area contributed by atoms with E-state index >= 15 is 0 Å². The zero-order chi connectivity index (χ0) is 11.6. The molecule has 0 amide bonds. The Morgan fingerprint density at radius 3 is 2.75 bits per heavy atom. The molecule has 1 rings (SSSR count). The van der Waals surface area contributed by atoms with Crippen molar-refractivity contribution in [2.24, 2.45) is 0 Å². The van der Waals surface area contributed by atoms with E-state index in [0.717, 1.165) is 31.0 Å². The van der Waals surface area contributed by atoms with E-state index < -0.39 is 0 Å². The van der Waals surface area contributed by atoms with Gasteiger partial charge in [0.05, 0.1) is 0 Å². The molecule has 0 aliphatic heterocycles. The van der Waals surface area contributed by atoms with Gasteiger partial charge in [-0.2, -0.15) is 0 Å². The van der Waals surface area contributed by atoms with E-state index in [2.05, 4.69) is 30.5 Å². The average Bonchev–Trinajstić information content (AvgIpc) is 2.30. The van der Waals surface area contributed by atoms with Crippen LogP contribution in [-0.2, 0) is 6.42 Å². The minimum Gasteiger partial charge on any atom is -0.316 e. The van der Waals surface area contributed by atoms with Gasteiger partial charge in [0.1, 0.15) is 0 Å². The van der Waals surface area contributed by atoms with E-state index in [0.29, 0.717) is 0 Å². The van der Waals surface area contributed by atoms with Gasteiger partial charge in [-0.1, -0.05) is 48.9 Å². The summed E-state index contributed by atoms with van der Waals surface area (Å²) in [4.78, 5) is 0. The highest BCUT2D eigenvalue weighted by molar-refractivity contribution is 6.31. The summed E-state index contributed by atoms with van der Waals surface area (Å²) < 4.78 is 0. The zero-order valence-corrected chi connectivity index (χ0v) is 10.6. The molecule has 1 aromatic rings. The molecule has 16 heavy (non-hydrogen) atoms. The molecule has 0 radical (unpaired) electrons. The predicted octanol–water partition coefficient (Wildman–Crippen LogP) is 3.83. The Bertz CT molecular complexity index is 320. The van der Waals surface area contributed by atoms with Crippen molar-refractivity contribution in [1.82, 2.24) is 5.32 Å². The van der Waals surface area contributed by atoms with Crippen LogP contribution in [0.4, 0.5) is 0 Å². The first kappa shape index (κ1) is 13.3. The Morgan fingerprint density at radius 1 is 1.19 bits per heavy atom. The number of benzene rings is 1. The first-order valence-corrected chi connectivity index (χ1v) is 6.31. The number of hydrogen-bond donors (Lipinski definition) is 1. The van der Waals surface area contributed by atoms with Gasteiger partial charge < -0.3 is 5.32 Å². The molecule has 1 nitrogen and oxygen atoms in total. The van der Waals surface area contributed by atoms with Crippen molar-refractivity contribution >= 4 is 11.6 Å². The summed E-state index contributed by atoms with van der Waals surface area (Å²) in [5.74, 6) is 0. The van der Waals surface area contributed by atoms with Crippen molar-refractivity contribution in [3.63, 3.8) is 0 Å². The van der Waals surface area contributed by atoms with Crippen molar-refractivity contribution in [3.8, 4) is 0 Å². The van der Waals surface area contributed by atoms with Crippen LogP contribution in [0.1, 0.15) is 25.3 Å². The predicted molar refractivity (Wildman–Crippen MR) is 72.1 cm³/mol. The fourth-order valence-corrected chi connectivity index (χ4v) is 1.69. The molecule has 0 spiro atoms. The zero-order valence-electron chi connectivity index (χ0n) is 9.88. The average molecular weight is 238 g/mol. The number of nitrogens with one attached hydrogen (secondary N) is 1. The second-order valence-electron chi connectivity index (χ2n) is 3.81. The summed E-state index contributed by atoms with van der Waals surface area (Å²) in [6.07, 6.45) is 7.61. The molecule has 0 fully saturated rings. The molecule has 1 N–H and O–H groups in total. The van der Waals surface area contributed by atoms with Crippen LogP contribution in [0.2, 0.25) is 5.02 Å². The smallest absolute Gasteiger partial charge is 0.0441 e. The minimum absolute atomic E-state index is 0.858. The standard InChI is InChI=1S/C14H20ClN/c1-2-11-16-12-7-3-4-8-13-9-5-6-10-14(13)15/h3-6,9-10,16H,2,7-8,11-12H2,1H3. The van der Waals surface area contributed by atoms with E-state index in [9.17, 15) is 0 Å². The first-order chi connectivity index (χ1) is 7.84.